The minimum absolute atomic E-state index is 0. The molecule has 0 saturated carbocycles. The maximum Gasteiger partial charge on any atom is 0.216 e. The first-order valence-electron chi connectivity index (χ1n) is 41.3. The number of pyridine rings is 10. The fourth-order valence-corrected chi connectivity index (χ4v) is 13.3. The van der Waals surface area contributed by atoms with Gasteiger partial charge >= 0.3 is 0 Å². The van der Waals surface area contributed by atoms with Crippen LogP contribution in [0.4, 0.5) is 0 Å². The van der Waals surface area contributed by atoms with Crippen molar-refractivity contribution >= 4 is 44.1 Å². The van der Waals surface area contributed by atoms with Crippen molar-refractivity contribution in [3.05, 3.63) is 496 Å². The molecule has 0 unspecified atom stereocenters. The molecular weight excluding hydrogens is 2320 g/mol. The van der Waals surface area contributed by atoms with Crippen LogP contribution in [-0.2, 0) is 80.4 Å². The van der Waals surface area contributed by atoms with Gasteiger partial charge in [0.2, 0.25) is 11.4 Å². The van der Waals surface area contributed by atoms with Gasteiger partial charge in [-0.3, -0.25) is 0 Å². The summed E-state index contributed by atoms with van der Waals surface area (Å²) in [5.74, 6) is 0. The summed E-state index contributed by atoms with van der Waals surface area (Å²) in [4.78, 5) is 43.6. The van der Waals surface area contributed by atoms with E-state index in [2.05, 4.69) is 159 Å². The van der Waals surface area contributed by atoms with Crippen LogP contribution in [0.2, 0.25) is 0 Å². The Bertz CT molecular complexity index is 6660. The molecule has 22 rings (SSSR count). The summed E-state index contributed by atoms with van der Waals surface area (Å²) < 4.78 is 11.8. The fraction of sp³-hybridized carbons (Fsp3) is 0.0435. The maximum atomic E-state index is 5.94. The minimum Gasteiger partial charge on any atom is -0.486 e. The molecule has 12 heterocycles. The van der Waals surface area contributed by atoms with Gasteiger partial charge in [-0.25, -0.2) is 9.97 Å². The first kappa shape index (κ1) is 97.5. The monoisotopic (exact) mass is 2410 g/mol. The van der Waals surface area contributed by atoms with Crippen LogP contribution in [0, 0.1) is 83.1 Å². The van der Waals surface area contributed by atoms with Crippen LogP contribution in [0.25, 0.3) is 156 Å². The van der Waals surface area contributed by atoms with Crippen LogP contribution >= 0.6 is 0 Å². The molecule has 12 aromatic heterocycles. The SMILES string of the molecule is Cc1ccc(-c2[c-]cccc2)nc1.Cc1ccc(-c2[c-]cccc2)nc1.Cc1ccc(-c2[c-]cccc2)nc1.Cc1ccc(-c2[c-]cccc2)nc1.Cc1ccc2c(n1)oc1c(-c3ccccn3)[c-]ccc12.[Ir].[Ir].[Ir].[Ir].[c-]1ccc2c(oc3ncccc32)c1-c1ccccn1.[c-]1ccccc1-c1cc(-c2ccccc2)ccn1.[c-]1ccccc1-c1ccc(-c2ccccc2)cn1. The van der Waals surface area contributed by atoms with E-state index in [1.165, 1.54) is 38.9 Å². The van der Waals surface area contributed by atoms with Gasteiger partial charge in [-0.15, -0.1) is 252 Å². The molecule has 0 fully saturated rings. The molecule has 131 heavy (non-hydrogen) atoms. The molecule has 22 aromatic rings. The normalized spacial score (nSPS) is 10.1. The van der Waals surface area contributed by atoms with E-state index in [0.29, 0.717) is 11.4 Å². The molecule has 0 N–H and O–H groups in total. The van der Waals surface area contributed by atoms with Crippen LogP contribution < -0.4 is 0 Å². The van der Waals surface area contributed by atoms with Crippen molar-refractivity contribution in [1.82, 2.24) is 49.8 Å². The molecule has 0 aliphatic carbocycles. The molecule has 0 aliphatic rings. The second-order valence-electron chi connectivity index (χ2n) is 29.1. The zero-order valence-corrected chi connectivity index (χ0v) is 81.5. The number of fused-ring (bicyclic) bond motifs is 6. The van der Waals surface area contributed by atoms with Gasteiger partial charge in [0, 0.05) is 153 Å². The summed E-state index contributed by atoms with van der Waals surface area (Å²) >= 11 is 0. The van der Waals surface area contributed by atoms with Crippen LogP contribution in [-0.4, -0.2) is 49.8 Å². The Morgan fingerprint density at radius 3 is 0.908 bits per heavy atom. The summed E-state index contributed by atoms with van der Waals surface area (Å²) in [6.07, 6.45) is 16.5. The maximum absolute atomic E-state index is 5.94. The van der Waals surface area contributed by atoms with Crippen molar-refractivity contribution in [3.63, 3.8) is 0 Å². The molecule has 0 saturated heterocycles. The van der Waals surface area contributed by atoms with Gasteiger partial charge in [-0.2, -0.15) is 0 Å². The standard InChI is InChI=1S/C17H11N2O.2C17H12N.C16H9N2O.4C12H10N.4Ir/c1-11-8-9-13-12-5-4-6-14(15-7-2-3-10-18-15)16(12)20-17(13)19-11;1-3-7-14(8-4-1)16-11-12-18-17(13-16)15-9-5-2-6-10-15;1-3-7-14(8-4-1)16-11-12-17(18-13-16)15-9-5-2-6-10-15;1-2-9-17-14(8-1)13-6-3-5-11-12-7-4-10-18-16(12)19-15(11)13;4*1-10-7-8-12(13-9-10)11-5-3-2-4-6-11;;;;/h2-5,7-10H,1H3;2*1-9,11-13H;1-5,7-10H;4*2-5,7-9H,1H3;;;;/q8*-1;;;;. The first-order chi connectivity index (χ1) is 62.6. The van der Waals surface area contributed by atoms with Gasteiger partial charge in [-0.05, 0) is 167 Å². The van der Waals surface area contributed by atoms with E-state index in [0.717, 1.165) is 134 Å². The van der Waals surface area contributed by atoms with Gasteiger partial charge in [-0.1, -0.05) is 174 Å². The van der Waals surface area contributed by atoms with Crippen LogP contribution in [0.15, 0.2) is 429 Å². The first-order valence-corrected chi connectivity index (χ1v) is 41.3. The summed E-state index contributed by atoms with van der Waals surface area (Å²) in [7, 11) is 0. The molecule has 4 radical (unpaired) electrons. The van der Waals surface area contributed by atoms with Crippen molar-refractivity contribution in [3.8, 4) is 112 Å². The molecular formula is C115H84Ir4N10O2-8. The summed E-state index contributed by atoms with van der Waals surface area (Å²) in [5.41, 5.74) is 28.8. The summed E-state index contributed by atoms with van der Waals surface area (Å²) in [5, 5.41) is 4.13. The molecule has 12 nitrogen and oxygen atoms in total. The Hall–Kier alpha value is -14.1. The van der Waals surface area contributed by atoms with E-state index in [9.17, 15) is 0 Å². The zero-order chi connectivity index (χ0) is 87.0. The van der Waals surface area contributed by atoms with Gasteiger partial charge in [0.1, 0.15) is 0 Å². The second-order valence-corrected chi connectivity index (χ2v) is 29.1. The van der Waals surface area contributed by atoms with E-state index in [1.807, 2.05) is 375 Å². The molecule has 16 heteroatoms. The summed E-state index contributed by atoms with van der Waals surface area (Å²) in [6, 6.07) is 145. The van der Waals surface area contributed by atoms with Crippen LogP contribution in [0.3, 0.4) is 0 Å². The number of hydrogen-bond donors (Lipinski definition) is 0. The number of rotatable bonds is 10. The Labute approximate surface area is 819 Å². The smallest absolute Gasteiger partial charge is 0.216 e. The number of hydrogen-bond acceptors (Lipinski definition) is 12. The third kappa shape index (κ3) is 27.5. The van der Waals surface area contributed by atoms with Crippen molar-refractivity contribution in [1.29, 1.82) is 0 Å². The van der Waals surface area contributed by atoms with Crippen LogP contribution in [0.5, 0.6) is 0 Å². The Morgan fingerprint density at radius 2 is 0.550 bits per heavy atom. The van der Waals surface area contributed by atoms with E-state index in [4.69, 9.17) is 8.83 Å². The van der Waals surface area contributed by atoms with Crippen molar-refractivity contribution < 1.29 is 89.3 Å². The Morgan fingerprint density at radius 1 is 0.206 bits per heavy atom. The van der Waals surface area contributed by atoms with Crippen molar-refractivity contribution in [2.45, 2.75) is 34.6 Å². The third-order valence-corrected chi connectivity index (χ3v) is 19.8. The molecule has 0 bridgehead atoms. The average Bonchev–Trinajstić information content (AvgIpc) is 1.65. The number of aromatic nitrogens is 10. The second kappa shape index (κ2) is 50.6. The van der Waals surface area contributed by atoms with Gasteiger partial charge in [0.05, 0.1) is 11.2 Å². The number of aryl methyl sites for hydroxylation is 5. The van der Waals surface area contributed by atoms with E-state index >= 15 is 0 Å². The van der Waals surface area contributed by atoms with Crippen LogP contribution in [0.1, 0.15) is 27.9 Å². The van der Waals surface area contributed by atoms with Gasteiger partial charge in [0.25, 0.3) is 0 Å². The number of furan rings is 2. The predicted molar refractivity (Wildman–Crippen MR) is 513 cm³/mol. The fourth-order valence-electron chi connectivity index (χ4n) is 13.3. The Kier molecular flexibility index (Phi) is 37.7. The molecule has 650 valence electrons. The van der Waals surface area contributed by atoms with E-state index in [1.54, 1.807) is 18.6 Å². The molecule has 0 aliphatic heterocycles. The average molecular weight is 2410 g/mol. The summed E-state index contributed by atoms with van der Waals surface area (Å²) in [6.45, 7) is 10.1. The largest absolute Gasteiger partial charge is 0.486 e. The minimum atomic E-state index is 0. The van der Waals surface area contributed by atoms with E-state index in [-0.39, 0.29) is 80.4 Å². The van der Waals surface area contributed by atoms with E-state index < -0.39 is 0 Å². The zero-order valence-electron chi connectivity index (χ0n) is 72.0. The van der Waals surface area contributed by atoms with Gasteiger partial charge in [0.15, 0.2) is 0 Å². The molecule has 0 amide bonds. The topological polar surface area (TPSA) is 155 Å². The third-order valence-electron chi connectivity index (χ3n) is 19.8. The Balaban J connectivity index is 0.000000145. The number of nitrogens with zero attached hydrogens (tertiary/aromatic N) is 10. The quantitative estimate of drug-likeness (QED) is 0.120. The molecule has 0 atom stereocenters. The number of benzene rings is 10. The predicted octanol–water partition coefficient (Wildman–Crippen LogP) is 27.8. The van der Waals surface area contributed by atoms with Crippen molar-refractivity contribution in [2.24, 2.45) is 0 Å². The molecule has 0 spiro atoms. The van der Waals surface area contributed by atoms with Crippen molar-refractivity contribution in [2.75, 3.05) is 0 Å². The molecule has 10 aromatic carbocycles. The van der Waals surface area contributed by atoms with Gasteiger partial charge < -0.3 is 48.7 Å².